The molecule has 0 aromatic heterocycles. The molecule has 0 heterocycles. The van der Waals surface area contributed by atoms with Crippen molar-refractivity contribution in [1.82, 2.24) is 0 Å². The van der Waals surface area contributed by atoms with E-state index in [1.807, 2.05) is 0 Å². The van der Waals surface area contributed by atoms with Gasteiger partial charge in [0.05, 0.1) is 11.3 Å². The maximum atomic E-state index is 9.42. The number of rotatable bonds is 1. The van der Waals surface area contributed by atoms with Crippen LogP contribution in [0, 0.1) is 6.92 Å². The van der Waals surface area contributed by atoms with Crippen molar-refractivity contribution in [2.45, 2.75) is 13.8 Å². The van der Waals surface area contributed by atoms with E-state index in [0.29, 0.717) is 0 Å². The van der Waals surface area contributed by atoms with E-state index in [9.17, 15) is 10.2 Å². The van der Waals surface area contributed by atoms with Crippen molar-refractivity contribution in [2.24, 2.45) is 5.16 Å². The molecular weight excluding hydrogens is 170 g/mol. The molecule has 0 atom stereocenters. The number of oxime groups is 1. The summed E-state index contributed by atoms with van der Waals surface area (Å²) in [5.41, 5.74) is 1.08. The molecule has 1 aromatic rings. The first-order valence-electron chi connectivity index (χ1n) is 3.78. The lowest BCUT2D eigenvalue weighted by Gasteiger charge is -2.06. The molecule has 1 aromatic carbocycles. The molecule has 4 heteroatoms. The Morgan fingerprint density at radius 2 is 1.69 bits per heavy atom. The van der Waals surface area contributed by atoms with Crippen molar-refractivity contribution in [3.05, 3.63) is 23.3 Å². The number of benzene rings is 1. The highest BCUT2D eigenvalue weighted by Gasteiger charge is 2.11. The second-order valence-electron chi connectivity index (χ2n) is 2.86. The first kappa shape index (κ1) is 9.38. The molecule has 0 aliphatic rings. The Morgan fingerprint density at radius 3 is 2.08 bits per heavy atom. The molecule has 4 nitrogen and oxygen atoms in total. The van der Waals surface area contributed by atoms with Gasteiger partial charge in [0.2, 0.25) is 0 Å². The number of aryl methyl sites for hydroxylation is 1. The van der Waals surface area contributed by atoms with E-state index in [-0.39, 0.29) is 22.8 Å². The molecular formula is C9H11NO3. The third-order valence-electron chi connectivity index (χ3n) is 1.75. The lowest BCUT2D eigenvalue weighted by atomic mass is 10.1. The van der Waals surface area contributed by atoms with Crippen LogP contribution in [0.4, 0.5) is 0 Å². The molecule has 0 aliphatic carbocycles. The quantitative estimate of drug-likeness (QED) is 0.350. The Labute approximate surface area is 75.8 Å². The van der Waals surface area contributed by atoms with Gasteiger partial charge in [-0.1, -0.05) is 5.16 Å². The molecule has 13 heavy (non-hydrogen) atoms. The van der Waals surface area contributed by atoms with E-state index in [2.05, 4.69) is 5.16 Å². The van der Waals surface area contributed by atoms with Crippen LogP contribution >= 0.6 is 0 Å². The molecule has 0 saturated carbocycles. The van der Waals surface area contributed by atoms with Crippen LogP contribution in [-0.2, 0) is 0 Å². The normalized spacial score (nSPS) is 11.7. The molecule has 0 saturated heterocycles. The van der Waals surface area contributed by atoms with Crippen LogP contribution in [0.1, 0.15) is 18.1 Å². The molecule has 0 spiro atoms. The number of nitrogens with zero attached hydrogens (tertiary/aromatic N) is 1. The lowest BCUT2D eigenvalue weighted by molar-refractivity contribution is 0.318. The largest absolute Gasteiger partial charge is 0.507 e. The molecule has 0 unspecified atom stereocenters. The summed E-state index contributed by atoms with van der Waals surface area (Å²) < 4.78 is 0. The van der Waals surface area contributed by atoms with E-state index < -0.39 is 0 Å². The van der Waals surface area contributed by atoms with Gasteiger partial charge < -0.3 is 15.4 Å². The Kier molecular flexibility index (Phi) is 2.41. The fourth-order valence-corrected chi connectivity index (χ4v) is 1.17. The zero-order valence-corrected chi connectivity index (χ0v) is 7.44. The van der Waals surface area contributed by atoms with Crippen molar-refractivity contribution in [1.29, 1.82) is 0 Å². The van der Waals surface area contributed by atoms with E-state index in [0.717, 1.165) is 5.56 Å². The van der Waals surface area contributed by atoms with Crippen molar-refractivity contribution in [2.75, 3.05) is 0 Å². The van der Waals surface area contributed by atoms with Gasteiger partial charge >= 0.3 is 0 Å². The highest BCUT2D eigenvalue weighted by Crippen LogP contribution is 2.28. The number of phenols is 2. The monoisotopic (exact) mass is 181 g/mol. The number of hydrogen-bond acceptors (Lipinski definition) is 4. The summed E-state index contributed by atoms with van der Waals surface area (Å²) in [5, 5.41) is 30.2. The van der Waals surface area contributed by atoms with E-state index >= 15 is 0 Å². The van der Waals surface area contributed by atoms with Crippen LogP contribution in [0.2, 0.25) is 0 Å². The Bertz CT molecular complexity index is 335. The smallest absolute Gasteiger partial charge is 0.128 e. The summed E-state index contributed by atoms with van der Waals surface area (Å²) in [4.78, 5) is 0. The van der Waals surface area contributed by atoms with Crippen LogP contribution in [0.25, 0.3) is 0 Å². The zero-order chi connectivity index (χ0) is 10.0. The first-order chi connectivity index (χ1) is 6.06. The predicted octanol–water partition coefficient (Wildman–Crippen LogP) is 1.60. The SMILES string of the molecule is C/C(=N\O)c1c(O)cc(C)cc1O. The number of phenolic OH excluding ortho intramolecular Hbond substituents is 2. The zero-order valence-electron chi connectivity index (χ0n) is 7.44. The van der Waals surface area contributed by atoms with Gasteiger partial charge in [-0.05, 0) is 31.5 Å². The van der Waals surface area contributed by atoms with Crippen LogP contribution in [-0.4, -0.2) is 21.1 Å². The van der Waals surface area contributed by atoms with Gasteiger partial charge in [0.15, 0.2) is 0 Å². The Hall–Kier alpha value is -1.71. The van der Waals surface area contributed by atoms with Gasteiger partial charge in [-0.2, -0.15) is 0 Å². The van der Waals surface area contributed by atoms with Crippen molar-refractivity contribution in [3.63, 3.8) is 0 Å². The minimum Gasteiger partial charge on any atom is -0.507 e. The third-order valence-corrected chi connectivity index (χ3v) is 1.75. The van der Waals surface area contributed by atoms with Crippen molar-refractivity contribution >= 4 is 5.71 Å². The molecule has 0 amide bonds. The van der Waals surface area contributed by atoms with E-state index in [1.54, 1.807) is 6.92 Å². The molecule has 1 rings (SSSR count). The van der Waals surface area contributed by atoms with Crippen LogP contribution < -0.4 is 0 Å². The van der Waals surface area contributed by atoms with E-state index in [1.165, 1.54) is 19.1 Å². The summed E-state index contributed by atoms with van der Waals surface area (Å²) in [6.45, 7) is 3.23. The maximum Gasteiger partial charge on any atom is 0.128 e. The second-order valence-corrected chi connectivity index (χ2v) is 2.86. The summed E-state index contributed by atoms with van der Waals surface area (Å²) >= 11 is 0. The van der Waals surface area contributed by atoms with E-state index in [4.69, 9.17) is 5.21 Å². The van der Waals surface area contributed by atoms with Crippen molar-refractivity contribution < 1.29 is 15.4 Å². The van der Waals surface area contributed by atoms with Gasteiger partial charge in [-0.25, -0.2) is 0 Å². The minimum absolute atomic E-state index is 0.0900. The topological polar surface area (TPSA) is 73.1 Å². The van der Waals surface area contributed by atoms with Crippen molar-refractivity contribution in [3.8, 4) is 11.5 Å². The highest BCUT2D eigenvalue weighted by molar-refractivity contribution is 6.03. The average Bonchev–Trinajstić information content (AvgIpc) is 2.02. The highest BCUT2D eigenvalue weighted by atomic mass is 16.4. The fraction of sp³-hybridized carbons (Fsp3) is 0.222. The maximum absolute atomic E-state index is 9.42. The molecule has 0 bridgehead atoms. The van der Waals surface area contributed by atoms with Crippen LogP contribution in [0.15, 0.2) is 17.3 Å². The summed E-state index contributed by atoms with van der Waals surface area (Å²) in [6.07, 6.45) is 0. The Morgan fingerprint density at radius 1 is 1.23 bits per heavy atom. The predicted molar refractivity (Wildman–Crippen MR) is 48.5 cm³/mol. The van der Waals surface area contributed by atoms with Gasteiger partial charge in [0.1, 0.15) is 11.5 Å². The molecule has 3 N–H and O–H groups in total. The summed E-state index contributed by atoms with van der Waals surface area (Å²) in [7, 11) is 0. The second kappa shape index (κ2) is 3.35. The van der Waals surface area contributed by atoms with Gasteiger partial charge in [0, 0.05) is 0 Å². The van der Waals surface area contributed by atoms with Gasteiger partial charge in [0.25, 0.3) is 0 Å². The number of hydrogen-bond donors (Lipinski definition) is 3. The number of aromatic hydroxyl groups is 2. The third kappa shape index (κ3) is 1.72. The lowest BCUT2D eigenvalue weighted by Crippen LogP contribution is -1.96. The molecule has 0 fully saturated rings. The van der Waals surface area contributed by atoms with Crippen LogP contribution in [0.5, 0.6) is 11.5 Å². The summed E-state index contributed by atoms with van der Waals surface area (Å²) in [5.74, 6) is -0.180. The standard InChI is InChI=1S/C9H11NO3/c1-5-3-7(11)9(6(2)10-13)8(12)4-5/h3-4,11-13H,1-2H3/b10-6+. The minimum atomic E-state index is -0.0900. The van der Waals surface area contributed by atoms with Gasteiger partial charge in [-0.15, -0.1) is 0 Å². The Balaban J connectivity index is 3.37. The fourth-order valence-electron chi connectivity index (χ4n) is 1.17. The molecule has 0 radical (unpaired) electrons. The van der Waals surface area contributed by atoms with Crippen LogP contribution in [0.3, 0.4) is 0 Å². The molecule has 70 valence electrons. The average molecular weight is 181 g/mol. The first-order valence-corrected chi connectivity index (χ1v) is 3.78. The molecule has 0 aliphatic heterocycles. The summed E-state index contributed by atoms with van der Waals surface area (Å²) in [6, 6.07) is 2.98. The van der Waals surface area contributed by atoms with Gasteiger partial charge in [-0.3, -0.25) is 0 Å².